The van der Waals surface area contributed by atoms with Gasteiger partial charge in [0.05, 0.1) is 13.2 Å². The van der Waals surface area contributed by atoms with Gasteiger partial charge >= 0.3 is 11.9 Å². The average Bonchev–Trinajstić information content (AvgIpc) is 2.74. The van der Waals surface area contributed by atoms with Crippen LogP contribution in [-0.2, 0) is 36.7 Å². The third-order valence-corrected chi connectivity index (χ3v) is 5.27. The third kappa shape index (κ3) is 9.11. The topological polar surface area (TPSA) is 81.7 Å². The smallest absolute Gasteiger partial charge is 0.343 e. The number of carbonyl (C=O) groups excluding carboxylic acids is 3. The quantitative estimate of drug-likeness (QED) is 0.250. The first-order valence-corrected chi connectivity index (χ1v) is 11.6. The molecule has 174 valence electrons. The zero-order chi connectivity index (χ0) is 23.1. The van der Waals surface area contributed by atoms with E-state index in [4.69, 9.17) is 9.47 Å². The van der Waals surface area contributed by atoms with Crippen LogP contribution in [0.3, 0.4) is 0 Å². The number of unbranched alkanes of at least 4 members (excludes halogenated alkanes) is 5. The minimum Gasteiger partial charge on any atom is -0.464 e. The molecule has 6 nitrogen and oxygen atoms in total. The van der Waals surface area contributed by atoms with Gasteiger partial charge in [0.15, 0.2) is 0 Å². The van der Waals surface area contributed by atoms with Crippen LogP contribution < -0.4 is 5.32 Å². The Labute approximate surface area is 187 Å². The second-order valence-electron chi connectivity index (χ2n) is 7.86. The van der Waals surface area contributed by atoms with Crippen molar-refractivity contribution in [2.24, 2.45) is 0 Å². The molecule has 1 aromatic rings. The van der Waals surface area contributed by atoms with Crippen LogP contribution in [0.4, 0.5) is 0 Å². The molecule has 0 radical (unpaired) electrons. The molecule has 0 spiro atoms. The largest absolute Gasteiger partial charge is 0.464 e. The van der Waals surface area contributed by atoms with E-state index in [0.717, 1.165) is 12.0 Å². The Hall–Kier alpha value is -2.37. The third-order valence-electron chi connectivity index (χ3n) is 5.27. The van der Waals surface area contributed by atoms with Gasteiger partial charge in [-0.25, -0.2) is 9.59 Å². The van der Waals surface area contributed by atoms with Gasteiger partial charge in [-0.3, -0.25) is 4.79 Å². The number of hydrogen-bond acceptors (Lipinski definition) is 5. The van der Waals surface area contributed by atoms with Crippen LogP contribution in [0.2, 0.25) is 0 Å². The molecule has 0 unspecified atom stereocenters. The lowest BCUT2D eigenvalue weighted by Gasteiger charge is -2.29. The minimum absolute atomic E-state index is 0.0705. The molecule has 1 aromatic carbocycles. The van der Waals surface area contributed by atoms with Crippen LogP contribution in [0.5, 0.6) is 0 Å². The highest BCUT2D eigenvalue weighted by atomic mass is 16.6. The summed E-state index contributed by atoms with van der Waals surface area (Å²) in [6.07, 6.45) is 9.15. The molecule has 1 rings (SSSR count). The number of aryl methyl sites for hydroxylation is 2. The normalized spacial score (nSPS) is 11.1. The SMILES string of the molecule is CCCCCCCCc1ccc(CCC(NC(C)=O)(C(=O)OCC)C(=O)OCC)cc1. The molecule has 0 fully saturated rings. The second kappa shape index (κ2) is 14.6. The molecule has 0 atom stereocenters. The van der Waals surface area contributed by atoms with Gasteiger partial charge in [-0.1, -0.05) is 63.3 Å². The van der Waals surface area contributed by atoms with Crippen LogP contribution in [0.25, 0.3) is 0 Å². The standard InChI is InChI=1S/C25H39NO5/c1-5-8-9-10-11-12-13-21-14-16-22(17-15-21)18-19-25(26-20(4)27,23(28)30-6-2)24(29)31-7-3/h14-17H,5-13,18-19H2,1-4H3,(H,26,27). The Bertz CT molecular complexity index is 666. The van der Waals surface area contributed by atoms with E-state index in [-0.39, 0.29) is 19.6 Å². The molecular formula is C25H39NO5. The Morgan fingerprint density at radius 2 is 1.26 bits per heavy atom. The number of carbonyl (C=O) groups is 3. The summed E-state index contributed by atoms with van der Waals surface area (Å²) in [5, 5.41) is 2.50. The molecule has 1 N–H and O–H groups in total. The van der Waals surface area contributed by atoms with Gasteiger partial charge < -0.3 is 14.8 Å². The average molecular weight is 434 g/mol. The van der Waals surface area contributed by atoms with Gasteiger partial charge in [-0.05, 0) is 50.7 Å². The summed E-state index contributed by atoms with van der Waals surface area (Å²) in [7, 11) is 0. The van der Waals surface area contributed by atoms with E-state index < -0.39 is 23.4 Å². The van der Waals surface area contributed by atoms with Crippen LogP contribution in [-0.4, -0.2) is 36.6 Å². The molecule has 0 saturated carbocycles. The predicted molar refractivity (Wildman–Crippen MR) is 122 cm³/mol. The first-order valence-electron chi connectivity index (χ1n) is 11.6. The number of esters is 2. The van der Waals surface area contributed by atoms with E-state index in [1.807, 2.05) is 12.1 Å². The molecule has 0 aliphatic rings. The van der Waals surface area contributed by atoms with E-state index >= 15 is 0 Å². The molecule has 1 amide bonds. The van der Waals surface area contributed by atoms with E-state index in [1.165, 1.54) is 51.0 Å². The summed E-state index contributed by atoms with van der Waals surface area (Å²) in [5.74, 6) is -2.07. The van der Waals surface area contributed by atoms with Crippen LogP contribution in [0.15, 0.2) is 24.3 Å². The number of rotatable bonds is 15. The fourth-order valence-corrected chi connectivity index (χ4v) is 3.58. The van der Waals surface area contributed by atoms with Crippen molar-refractivity contribution in [3.63, 3.8) is 0 Å². The molecule has 0 saturated heterocycles. The van der Waals surface area contributed by atoms with E-state index in [2.05, 4.69) is 24.4 Å². The highest BCUT2D eigenvalue weighted by Gasteiger charge is 2.49. The molecule has 0 aliphatic heterocycles. The number of benzene rings is 1. The van der Waals surface area contributed by atoms with E-state index in [9.17, 15) is 14.4 Å². The Kier molecular flexibility index (Phi) is 12.6. The van der Waals surface area contributed by atoms with E-state index in [1.54, 1.807) is 13.8 Å². The van der Waals surface area contributed by atoms with Gasteiger partial charge in [-0.2, -0.15) is 0 Å². The van der Waals surface area contributed by atoms with Crippen molar-refractivity contribution in [3.05, 3.63) is 35.4 Å². The van der Waals surface area contributed by atoms with E-state index in [0.29, 0.717) is 6.42 Å². The lowest BCUT2D eigenvalue weighted by atomic mass is 9.90. The lowest BCUT2D eigenvalue weighted by molar-refractivity contribution is -0.168. The van der Waals surface area contributed by atoms with Crippen molar-refractivity contribution in [2.45, 2.75) is 91.0 Å². The maximum Gasteiger partial charge on any atom is 0.343 e. The fourth-order valence-electron chi connectivity index (χ4n) is 3.58. The molecular weight excluding hydrogens is 394 g/mol. The summed E-state index contributed by atoms with van der Waals surface area (Å²) in [6, 6.07) is 8.22. The number of hydrogen-bond donors (Lipinski definition) is 1. The van der Waals surface area contributed by atoms with Gasteiger partial charge in [0, 0.05) is 6.92 Å². The number of nitrogens with one attached hydrogen (secondary N) is 1. The second-order valence-corrected chi connectivity index (χ2v) is 7.86. The summed E-state index contributed by atoms with van der Waals surface area (Å²) in [4.78, 5) is 37.1. The van der Waals surface area contributed by atoms with Gasteiger partial charge in [0.1, 0.15) is 0 Å². The first kappa shape index (κ1) is 26.7. The summed E-state index contributed by atoms with van der Waals surface area (Å²) in [5.41, 5.74) is 0.424. The Morgan fingerprint density at radius 1 is 0.774 bits per heavy atom. The first-order chi connectivity index (χ1) is 14.9. The molecule has 0 bridgehead atoms. The van der Waals surface area contributed by atoms with Crippen molar-refractivity contribution < 1.29 is 23.9 Å². The molecule has 0 aliphatic carbocycles. The number of ether oxygens (including phenoxy) is 2. The lowest BCUT2D eigenvalue weighted by Crippen LogP contribution is -2.61. The minimum atomic E-state index is -1.84. The Balaban J connectivity index is 2.79. The molecule has 31 heavy (non-hydrogen) atoms. The van der Waals surface area contributed by atoms with Crippen molar-refractivity contribution in [1.29, 1.82) is 0 Å². The van der Waals surface area contributed by atoms with Gasteiger partial charge in [0.25, 0.3) is 0 Å². The zero-order valence-electron chi connectivity index (χ0n) is 19.6. The Morgan fingerprint density at radius 3 is 1.74 bits per heavy atom. The maximum atomic E-state index is 12.7. The fraction of sp³-hybridized carbons (Fsp3) is 0.640. The molecule has 6 heteroatoms. The van der Waals surface area contributed by atoms with Crippen molar-refractivity contribution in [3.8, 4) is 0 Å². The summed E-state index contributed by atoms with van der Waals surface area (Å²) in [6.45, 7) is 7.01. The zero-order valence-corrected chi connectivity index (χ0v) is 19.6. The van der Waals surface area contributed by atoms with Crippen molar-refractivity contribution in [2.75, 3.05) is 13.2 Å². The highest BCUT2D eigenvalue weighted by Crippen LogP contribution is 2.21. The predicted octanol–water partition coefficient (Wildman–Crippen LogP) is 4.52. The van der Waals surface area contributed by atoms with Crippen molar-refractivity contribution >= 4 is 17.8 Å². The monoisotopic (exact) mass is 433 g/mol. The van der Waals surface area contributed by atoms with Crippen molar-refractivity contribution in [1.82, 2.24) is 5.32 Å². The van der Waals surface area contributed by atoms with Gasteiger partial charge in [0.2, 0.25) is 11.4 Å². The van der Waals surface area contributed by atoms with Crippen LogP contribution >= 0.6 is 0 Å². The van der Waals surface area contributed by atoms with Crippen LogP contribution in [0.1, 0.15) is 83.8 Å². The van der Waals surface area contributed by atoms with Gasteiger partial charge in [-0.15, -0.1) is 0 Å². The molecule has 0 heterocycles. The highest BCUT2D eigenvalue weighted by molar-refractivity contribution is 6.07. The van der Waals surface area contributed by atoms with Crippen LogP contribution in [0, 0.1) is 0 Å². The molecule has 0 aromatic heterocycles. The summed E-state index contributed by atoms with van der Waals surface area (Å²) >= 11 is 0. The summed E-state index contributed by atoms with van der Waals surface area (Å²) < 4.78 is 10.2. The number of amides is 1. The maximum absolute atomic E-state index is 12.7.